The van der Waals surface area contributed by atoms with E-state index in [9.17, 15) is 9.59 Å². The van der Waals surface area contributed by atoms with Crippen molar-refractivity contribution in [3.05, 3.63) is 94.7 Å². The van der Waals surface area contributed by atoms with Gasteiger partial charge in [0.1, 0.15) is 11.4 Å². The largest absolute Gasteiger partial charge is 0.491 e. The van der Waals surface area contributed by atoms with Crippen LogP contribution >= 0.6 is 0 Å². The fourth-order valence-electron chi connectivity index (χ4n) is 3.94. The Morgan fingerprint density at radius 2 is 1.45 bits per heavy atom. The Hall–Kier alpha value is -3.86. The van der Waals surface area contributed by atoms with Gasteiger partial charge in [-0.3, -0.25) is 9.59 Å². The third-order valence-corrected chi connectivity index (χ3v) is 5.82. The van der Waals surface area contributed by atoms with Gasteiger partial charge in [-0.1, -0.05) is 42.5 Å². The summed E-state index contributed by atoms with van der Waals surface area (Å²) < 4.78 is 5.74. The van der Waals surface area contributed by atoms with Crippen molar-refractivity contribution in [2.75, 3.05) is 10.2 Å². The highest BCUT2D eigenvalue weighted by Gasteiger charge is 2.40. The smallest absolute Gasteiger partial charge is 0.282 e. The van der Waals surface area contributed by atoms with Crippen molar-refractivity contribution in [1.82, 2.24) is 0 Å². The van der Waals surface area contributed by atoms with Gasteiger partial charge in [-0.05, 0) is 81.1 Å². The van der Waals surface area contributed by atoms with E-state index in [2.05, 4.69) is 5.32 Å². The molecular weight excluding hydrogens is 412 g/mol. The summed E-state index contributed by atoms with van der Waals surface area (Å²) in [5.74, 6) is -0.00160. The molecule has 0 saturated carbocycles. The molecule has 0 saturated heterocycles. The molecule has 1 aliphatic rings. The number of hydrogen-bond acceptors (Lipinski definition) is 4. The first-order valence-corrected chi connectivity index (χ1v) is 11.1. The van der Waals surface area contributed by atoms with Crippen LogP contribution in [0.4, 0.5) is 11.4 Å². The number of nitrogens with one attached hydrogen (secondary N) is 1. The Bertz CT molecular complexity index is 1260. The zero-order valence-corrected chi connectivity index (χ0v) is 19.6. The predicted molar refractivity (Wildman–Crippen MR) is 132 cm³/mol. The highest BCUT2D eigenvalue weighted by atomic mass is 16.5. The number of rotatable bonds is 6. The maximum absolute atomic E-state index is 13.7. The standard InChI is InChI=1S/C28H28N2O3/c1-17(2)33-22-15-13-21(14-16-22)25-26(29-23-11-8-10-18(3)20(23)5)28(32)30(27(25)31)24-12-7-6-9-19(24)4/h6-17,29H,1-5H3. The van der Waals surface area contributed by atoms with E-state index < -0.39 is 0 Å². The summed E-state index contributed by atoms with van der Waals surface area (Å²) in [6, 6.07) is 20.6. The molecule has 5 heteroatoms. The van der Waals surface area contributed by atoms with Gasteiger partial charge in [0.05, 0.1) is 17.4 Å². The fraction of sp³-hybridized carbons (Fsp3) is 0.214. The Kier molecular flexibility index (Phi) is 6.05. The van der Waals surface area contributed by atoms with Gasteiger partial charge in [-0.15, -0.1) is 0 Å². The predicted octanol–water partition coefficient (Wildman–Crippen LogP) is 5.80. The van der Waals surface area contributed by atoms with E-state index >= 15 is 0 Å². The Morgan fingerprint density at radius 1 is 0.788 bits per heavy atom. The van der Waals surface area contributed by atoms with Crippen LogP contribution in [0.15, 0.2) is 72.4 Å². The summed E-state index contributed by atoms with van der Waals surface area (Å²) in [4.78, 5) is 28.5. The van der Waals surface area contributed by atoms with Crippen molar-refractivity contribution in [3.63, 3.8) is 0 Å². The monoisotopic (exact) mass is 440 g/mol. The van der Waals surface area contributed by atoms with E-state index in [0.717, 1.165) is 22.4 Å². The number of ether oxygens (including phenoxy) is 1. The molecular formula is C28H28N2O3. The average Bonchev–Trinajstić information content (AvgIpc) is 3.01. The molecule has 33 heavy (non-hydrogen) atoms. The highest BCUT2D eigenvalue weighted by molar-refractivity contribution is 6.46. The number of benzene rings is 3. The van der Waals surface area contributed by atoms with Gasteiger partial charge in [-0.2, -0.15) is 0 Å². The fourth-order valence-corrected chi connectivity index (χ4v) is 3.94. The van der Waals surface area contributed by atoms with Crippen molar-refractivity contribution >= 4 is 28.8 Å². The summed E-state index contributed by atoms with van der Waals surface area (Å²) in [5, 5.41) is 3.28. The van der Waals surface area contributed by atoms with Crippen LogP contribution in [0, 0.1) is 20.8 Å². The first-order chi connectivity index (χ1) is 15.8. The summed E-state index contributed by atoms with van der Waals surface area (Å²) in [7, 11) is 0. The molecule has 168 valence electrons. The van der Waals surface area contributed by atoms with Crippen molar-refractivity contribution in [2.45, 2.75) is 40.7 Å². The van der Waals surface area contributed by atoms with Crippen LogP contribution in [0.2, 0.25) is 0 Å². The molecule has 3 aromatic carbocycles. The Morgan fingerprint density at radius 3 is 2.12 bits per heavy atom. The van der Waals surface area contributed by atoms with Crippen LogP contribution in [-0.4, -0.2) is 17.9 Å². The maximum atomic E-state index is 13.7. The number of nitrogens with zero attached hydrogens (tertiary/aromatic N) is 1. The van der Waals surface area contributed by atoms with Crippen LogP contribution in [0.3, 0.4) is 0 Å². The lowest BCUT2D eigenvalue weighted by Gasteiger charge is -2.18. The van der Waals surface area contributed by atoms with Crippen LogP contribution in [0.5, 0.6) is 5.75 Å². The molecule has 3 aromatic rings. The zero-order valence-electron chi connectivity index (χ0n) is 19.6. The SMILES string of the molecule is Cc1ccccc1N1C(=O)C(Nc2cccc(C)c2C)=C(c2ccc(OC(C)C)cc2)C1=O. The topological polar surface area (TPSA) is 58.6 Å². The third kappa shape index (κ3) is 4.27. The molecule has 0 atom stereocenters. The number of carbonyl (C=O) groups excluding carboxylic acids is 2. The van der Waals surface area contributed by atoms with Gasteiger partial charge in [0, 0.05) is 5.69 Å². The van der Waals surface area contributed by atoms with E-state index in [4.69, 9.17) is 4.74 Å². The molecule has 1 aliphatic heterocycles. The van der Waals surface area contributed by atoms with Crippen LogP contribution in [0.1, 0.15) is 36.1 Å². The summed E-state index contributed by atoms with van der Waals surface area (Å²) in [5.41, 5.74) is 5.65. The number of amides is 2. The number of imide groups is 1. The van der Waals surface area contributed by atoms with Crippen molar-refractivity contribution in [3.8, 4) is 5.75 Å². The zero-order chi connectivity index (χ0) is 23.7. The molecule has 0 bridgehead atoms. The highest BCUT2D eigenvalue weighted by Crippen LogP contribution is 2.36. The molecule has 2 amide bonds. The molecule has 5 nitrogen and oxygen atoms in total. The van der Waals surface area contributed by atoms with Crippen LogP contribution < -0.4 is 15.0 Å². The van der Waals surface area contributed by atoms with Gasteiger partial charge in [0.2, 0.25) is 0 Å². The van der Waals surface area contributed by atoms with E-state index in [0.29, 0.717) is 22.6 Å². The third-order valence-electron chi connectivity index (χ3n) is 5.82. The van der Waals surface area contributed by atoms with Crippen molar-refractivity contribution in [2.24, 2.45) is 0 Å². The van der Waals surface area contributed by atoms with Gasteiger partial charge >= 0.3 is 0 Å². The minimum absolute atomic E-state index is 0.0443. The lowest BCUT2D eigenvalue weighted by molar-refractivity contribution is -0.120. The number of anilines is 2. The van der Waals surface area contributed by atoms with Gasteiger partial charge in [0.25, 0.3) is 11.8 Å². The first kappa shape index (κ1) is 22.3. The molecule has 0 aliphatic carbocycles. The second kappa shape index (κ2) is 8.94. The molecule has 1 heterocycles. The number of carbonyl (C=O) groups is 2. The van der Waals surface area contributed by atoms with E-state index in [1.165, 1.54) is 4.90 Å². The quantitative estimate of drug-likeness (QED) is 0.493. The lowest BCUT2D eigenvalue weighted by Crippen LogP contribution is -2.33. The summed E-state index contributed by atoms with van der Waals surface area (Å²) >= 11 is 0. The van der Waals surface area contributed by atoms with E-state index in [1.807, 2.05) is 95.3 Å². The van der Waals surface area contributed by atoms with Gasteiger partial charge in [0.15, 0.2) is 0 Å². The molecule has 0 spiro atoms. The summed E-state index contributed by atoms with van der Waals surface area (Å²) in [6.07, 6.45) is 0.0443. The Labute approximate surface area is 194 Å². The van der Waals surface area contributed by atoms with Crippen molar-refractivity contribution in [1.29, 1.82) is 0 Å². The second-order valence-electron chi connectivity index (χ2n) is 8.55. The minimum atomic E-state index is -0.368. The van der Waals surface area contributed by atoms with Crippen LogP contribution in [0.25, 0.3) is 5.57 Å². The number of hydrogen-bond donors (Lipinski definition) is 1. The molecule has 0 aromatic heterocycles. The minimum Gasteiger partial charge on any atom is -0.491 e. The molecule has 1 N–H and O–H groups in total. The molecule has 0 unspecified atom stereocenters. The number of para-hydroxylation sites is 1. The van der Waals surface area contributed by atoms with Crippen molar-refractivity contribution < 1.29 is 14.3 Å². The van der Waals surface area contributed by atoms with Crippen LogP contribution in [-0.2, 0) is 9.59 Å². The Balaban J connectivity index is 1.82. The average molecular weight is 441 g/mol. The molecule has 4 rings (SSSR count). The lowest BCUT2D eigenvalue weighted by atomic mass is 10.0. The molecule has 0 radical (unpaired) electrons. The normalized spacial score (nSPS) is 13.8. The maximum Gasteiger partial charge on any atom is 0.282 e. The molecule has 0 fully saturated rings. The van der Waals surface area contributed by atoms with E-state index in [-0.39, 0.29) is 23.6 Å². The van der Waals surface area contributed by atoms with Gasteiger partial charge in [-0.25, -0.2) is 4.90 Å². The summed E-state index contributed by atoms with van der Waals surface area (Å²) in [6.45, 7) is 9.83. The second-order valence-corrected chi connectivity index (χ2v) is 8.55. The number of aryl methyl sites for hydroxylation is 2. The van der Waals surface area contributed by atoms with Gasteiger partial charge < -0.3 is 10.1 Å². The first-order valence-electron chi connectivity index (χ1n) is 11.1. The van der Waals surface area contributed by atoms with E-state index in [1.54, 1.807) is 6.07 Å².